The van der Waals surface area contributed by atoms with Crippen LogP contribution in [0.3, 0.4) is 0 Å². The number of para-hydroxylation sites is 1. The molecule has 1 saturated heterocycles. The maximum absolute atomic E-state index is 9.07. The van der Waals surface area contributed by atoms with Gasteiger partial charge in [0.25, 0.3) is 0 Å². The number of hydrogen-bond donors (Lipinski definition) is 1. The van der Waals surface area contributed by atoms with Crippen LogP contribution < -0.4 is 10.6 Å². The van der Waals surface area contributed by atoms with Crippen molar-refractivity contribution in [3.63, 3.8) is 0 Å². The Balaban J connectivity index is 2.20. The van der Waals surface area contributed by atoms with Gasteiger partial charge in [-0.1, -0.05) is 12.1 Å². The molecule has 0 aliphatic carbocycles. The van der Waals surface area contributed by atoms with Crippen LogP contribution >= 0.6 is 0 Å². The average Bonchev–Trinajstić information content (AvgIpc) is 2.38. The number of benzene rings is 1. The summed E-state index contributed by atoms with van der Waals surface area (Å²) in [6.45, 7) is 2.76. The highest BCUT2D eigenvalue weighted by Crippen LogP contribution is 2.25. The molecule has 0 saturated carbocycles. The maximum Gasteiger partial charge on any atom is 0.101 e. The van der Waals surface area contributed by atoms with Crippen molar-refractivity contribution in [3.8, 4) is 6.07 Å². The van der Waals surface area contributed by atoms with E-state index < -0.39 is 0 Å². The Morgan fingerprint density at radius 2 is 2.25 bits per heavy atom. The summed E-state index contributed by atoms with van der Waals surface area (Å²) in [6, 6.07) is 10.1. The van der Waals surface area contributed by atoms with E-state index in [1.165, 1.54) is 12.8 Å². The van der Waals surface area contributed by atoms with E-state index in [0.717, 1.165) is 30.9 Å². The van der Waals surface area contributed by atoms with Gasteiger partial charge in [0, 0.05) is 13.1 Å². The Hall–Kier alpha value is -1.53. The summed E-state index contributed by atoms with van der Waals surface area (Å²) in [4.78, 5) is 2.29. The van der Waals surface area contributed by atoms with E-state index in [1.54, 1.807) is 0 Å². The molecule has 3 nitrogen and oxygen atoms in total. The molecule has 2 N–H and O–H groups in total. The molecule has 1 fully saturated rings. The normalized spacial score (nSPS) is 20.5. The Morgan fingerprint density at radius 3 is 3.00 bits per heavy atom. The van der Waals surface area contributed by atoms with Crippen molar-refractivity contribution in [3.05, 3.63) is 29.8 Å². The van der Waals surface area contributed by atoms with Crippen molar-refractivity contribution in [2.24, 2.45) is 11.7 Å². The molecule has 84 valence electrons. The molecule has 1 aromatic rings. The lowest BCUT2D eigenvalue weighted by atomic mass is 9.97. The van der Waals surface area contributed by atoms with Gasteiger partial charge < -0.3 is 10.6 Å². The van der Waals surface area contributed by atoms with E-state index in [-0.39, 0.29) is 0 Å². The van der Waals surface area contributed by atoms with Crippen molar-refractivity contribution in [2.45, 2.75) is 12.8 Å². The van der Waals surface area contributed by atoms with Crippen LogP contribution in [0.15, 0.2) is 24.3 Å². The number of piperidine rings is 1. The highest BCUT2D eigenvalue weighted by atomic mass is 15.1. The second-order valence-corrected chi connectivity index (χ2v) is 4.32. The third kappa shape index (κ3) is 2.17. The molecule has 2 rings (SSSR count). The molecule has 0 amide bonds. The molecule has 0 aromatic heterocycles. The summed E-state index contributed by atoms with van der Waals surface area (Å²) in [5.41, 5.74) is 7.54. The number of rotatable bonds is 2. The quantitative estimate of drug-likeness (QED) is 0.817. The van der Waals surface area contributed by atoms with E-state index in [9.17, 15) is 0 Å². The fourth-order valence-electron chi connectivity index (χ4n) is 2.32. The number of nitrogens with two attached hydrogens (primary N) is 1. The van der Waals surface area contributed by atoms with Crippen LogP contribution in [0.25, 0.3) is 0 Å². The molecular weight excluding hydrogens is 198 g/mol. The van der Waals surface area contributed by atoms with Crippen molar-refractivity contribution >= 4 is 5.69 Å². The van der Waals surface area contributed by atoms with E-state index in [4.69, 9.17) is 11.0 Å². The smallest absolute Gasteiger partial charge is 0.101 e. The van der Waals surface area contributed by atoms with Crippen LogP contribution in [0.5, 0.6) is 0 Å². The zero-order valence-electron chi connectivity index (χ0n) is 9.39. The largest absolute Gasteiger partial charge is 0.370 e. The Labute approximate surface area is 96.5 Å². The molecule has 1 heterocycles. The molecule has 0 radical (unpaired) electrons. The van der Waals surface area contributed by atoms with Gasteiger partial charge in [-0.15, -0.1) is 0 Å². The first-order valence-electron chi connectivity index (χ1n) is 5.79. The monoisotopic (exact) mass is 215 g/mol. The summed E-state index contributed by atoms with van der Waals surface area (Å²) < 4.78 is 0. The zero-order valence-corrected chi connectivity index (χ0v) is 9.39. The second-order valence-electron chi connectivity index (χ2n) is 4.32. The lowest BCUT2D eigenvalue weighted by Crippen LogP contribution is -2.38. The number of nitrogens with zero attached hydrogens (tertiary/aromatic N) is 2. The second kappa shape index (κ2) is 5.00. The third-order valence-corrected chi connectivity index (χ3v) is 3.22. The van der Waals surface area contributed by atoms with Gasteiger partial charge in [-0.2, -0.15) is 5.26 Å². The van der Waals surface area contributed by atoms with Gasteiger partial charge >= 0.3 is 0 Å². The van der Waals surface area contributed by atoms with Gasteiger partial charge in [-0.25, -0.2) is 0 Å². The highest BCUT2D eigenvalue weighted by Gasteiger charge is 2.20. The Morgan fingerprint density at radius 1 is 1.44 bits per heavy atom. The van der Waals surface area contributed by atoms with Gasteiger partial charge in [0.2, 0.25) is 0 Å². The molecule has 1 aromatic carbocycles. The van der Waals surface area contributed by atoms with Gasteiger partial charge in [-0.05, 0) is 37.4 Å². The minimum Gasteiger partial charge on any atom is -0.370 e. The maximum atomic E-state index is 9.07. The molecule has 1 aliphatic heterocycles. The summed E-state index contributed by atoms with van der Waals surface area (Å²) >= 11 is 0. The number of hydrogen-bond acceptors (Lipinski definition) is 3. The third-order valence-electron chi connectivity index (χ3n) is 3.22. The molecule has 1 atom stereocenters. The van der Waals surface area contributed by atoms with Crippen LogP contribution in [0, 0.1) is 17.2 Å². The molecule has 1 aliphatic rings. The topological polar surface area (TPSA) is 53.0 Å². The van der Waals surface area contributed by atoms with E-state index in [2.05, 4.69) is 11.0 Å². The molecular formula is C13H17N3. The van der Waals surface area contributed by atoms with Crippen LogP contribution in [-0.4, -0.2) is 19.6 Å². The summed E-state index contributed by atoms with van der Waals surface area (Å²) in [5, 5.41) is 9.07. The standard InChI is InChI=1S/C13H17N3/c14-8-11-4-3-7-16(10-11)13-6-2-1-5-12(13)9-15/h1-2,5-6,11H,3-4,7-8,10,14H2. The fraction of sp³-hybridized carbons (Fsp3) is 0.462. The van der Waals surface area contributed by atoms with E-state index >= 15 is 0 Å². The first kappa shape index (κ1) is 11.0. The molecule has 16 heavy (non-hydrogen) atoms. The SMILES string of the molecule is N#Cc1ccccc1N1CCCC(CN)C1. The first-order valence-corrected chi connectivity index (χ1v) is 5.79. The Kier molecular flexibility index (Phi) is 3.43. The average molecular weight is 215 g/mol. The van der Waals surface area contributed by atoms with Crippen LogP contribution in [0.2, 0.25) is 0 Å². The van der Waals surface area contributed by atoms with Gasteiger partial charge in [-0.3, -0.25) is 0 Å². The zero-order chi connectivity index (χ0) is 11.4. The van der Waals surface area contributed by atoms with Gasteiger partial charge in [0.15, 0.2) is 0 Å². The van der Waals surface area contributed by atoms with Crippen LogP contribution in [0.4, 0.5) is 5.69 Å². The molecule has 1 unspecified atom stereocenters. The predicted octanol–water partition coefficient (Wildman–Crippen LogP) is 1.73. The molecule has 3 heteroatoms. The van der Waals surface area contributed by atoms with Crippen molar-refractivity contribution < 1.29 is 0 Å². The fourth-order valence-corrected chi connectivity index (χ4v) is 2.32. The summed E-state index contributed by atoms with van der Waals surface area (Å²) in [5.74, 6) is 0.570. The first-order chi connectivity index (χ1) is 7.85. The minimum absolute atomic E-state index is 0.570. The minimum atomic E-state index is 0.570. The number of nitriles is 1. The van der Waals surface area contributed by atoms with Crippen LogP contribution in [0.1, 0.15) is 18.4 Å². The van der Waals surface area contributed by atoms with Gasteiger partial charge in [0.1, 0.15) is 6.07 Å². The van der Waals surface area contributed by atoms with Crippen molar-refractivity contribution in [2.75, 3.05) is 24.5 Å². The molecule has 0 bridgehead atoms. The highest BCUT2D eigenvalue weighted by molar-refractivity contribution is 5.59. The van der Waals surface area contributed by atoms with E-state index in [1.807, 2.05) is 24.3 Å². The van der Waals surface area contributed by atoms with Crippen LogP contribution in [-0.2, 0) is 0 Å². The van der Waals surface area contributed by atoms with Crippen molar-refractivity contribution in [1.82, 2.24) is 0 Å². The lowest BCUT2D eigenvalue weighted by molar-refractivity contribution is 0.423. The molecule has 0 spiro atoms. The van der Waals surface area contributed by atoms with Gasteiger partial charge in [0.05, 0.1) is 11.3 Å². The van der Waals surface area contributed by atoms with E-state index in [0.29, 0.717) is 5.92 Å². The number of anilines is 1. The Bertz CT molecular complexity index is 394. The van der Waals surface area contributed by atoms with Crippen molar-refractivity contribution in [1.29, 1.82) is 5.26 Å². The summed E-state index contributed by atoms with van der Waals surface area (Å²) in [7, 11) is 0. The summed E-state index contributed by atoms with van der Waals surface area (Å²) in [6.07, 6.45) is 2.38. The predicted molar refractivity (Wildman–Crippen MR) is 65.1 cm³/mol. The lowest BCUT2D eigenvalue weighted by Gasteiger charge is -2.34.